The molecule has 2 aromatic carbocycles. The number of carbonyl (C=O) groups excluding carboxylic acids is 1. The molecule has 0 atom stereocenters. The number of carbonyl (C=O) groups is 1. The zero-order chi connectivity index (χ0) is 15.4. The Labute approximate surface area is 134 Å². The second-order valence-electron chi connectivity index (χ2n) is 4.89. The van der Waals surface area contributed by atoms with Crippen LogP contribution in [0.4, 0.5) is 0 Å². The molecule has 3 N–H and O–H groups in total. The van der Waals surface area contributed by atoms with Gasteiger partial charge in [-0.25, -0.2) is 0 Å². The van der Waals surface area contributed by atoms with Crippen molar-refractivity contribution in [1.29, 1.82) is 0 Å². The number of hydrogen-bond donors (Lipinski definition) is 3. The van der Waals surface area contributed by atoms with E-state index in [1.165, 1.54) is 0 Å². The summed E-state index contributed by atoms with van der Waals surface area (Å²) in [7, 11) is 0. The normalized spacial score (nSPS) is 12.4. The van der Waals surface area contributed by atoms with Gasteiger partial charge in [0.1, 0.15) is 0 Å². The van der Waals surface area contributed by atoms with Crippen molar-refractivity contribution in [3.63, 3.8) is 0 Å². The van der Waals surface area contributed by atoms with Crippen LogP contribution < -0.4 is 16.2 Å². The van der Waals surface area contributed by atoms with Gasteiger partial charge >= 0.3 is 0 Å². The smallest absolute Gasteiger partial charge is 0.188 e. The maximum Gasteiger partial charge on any atom is 0.188 e. The van der Waals surface area contributed by atoms with E-state index >= 15 is 0 Å². The number of benzene rings is 2. The van der Waals surface area contributed by atoms with Crippen molar-refractivity contribution in [2.75, 3.05) is 0 Å². The van der Waals surface area contributed by atoms with Gasteiger partial charge in [-0.05, 0) is 17.8 Å². The predicted molar refractivity (Wildman–Crippen MR) is 90.9 cm³/mol. The van der Waals surface area contributed by atoms with E-state index in [2.05, 4.69) is 16.2 Å². The Hall–Kier alpha value is -2.66. The van der Waals surface area contributed by atoms with Crippen molar-refractivity contribution in [1.82, 2.24) is 16.2 Å². The van der Waals surface area contributed by atoms with Crippen molar-refractivity contribution in [3.05, 3.63) is 77.4 Å². The van der Waals surface area contributed by atoms with E-state index in [0.717, 1.165) is 16.8 Å². The van der Waals surface area contributed by atoms with Gasteiger partial charge in [0.05, 0.1) is 5.70 Å². The van der Waals surface area contributed by atoms with Gasteiger partial charge in [0.15, 0.2) is 10.9 Å². The quantitative estimate of drug-likeness (QED) is 0.598. The minimum absolute atomic E-state index is 0.00284. The molecular formula is C17H15N3OS. The summed E-state index contributed by atoms with van der Waals surface area (Å²) in [5.41, 5.74) is 9.35. The van der Waals surface area contributed by atoms with Crippen LogP contribution in [0.5, 0.6) is 0 Å². The van der Waals surface area contributed by atoms with Gasteiger partial charge in [-0.3, -0.25) is 15.6 Å². The third kappa shape index (κ3) is 3.15. The highest BCUT2D eigenvalue weighted by Gasteiger charge is 2.20. The highest BCUT2D eigenvalue weighted by atomic mass is 32.1. The van der Waals surface area contributed by atoms with E-state index in [0.29, 0.717) is 17.2 Å². The molecule has 1 aliphatic carbocycles. The summed E-state index contributed by atoms with van der Waals surface area (Å²) in [6.45, 7) is 0.642. The van der Waals surface area contributed by atoms with Crippen molar-refractivity contribution in [2.45, 2.75) is 6.54 Å². The number of hydrogen-bond acceptors (Lipinski definition) is 3. The summed E-state index contributed by atoms with van der Waals surface area (Å²) in [4.78, 5) is 11.8. The zero-order valence-corrected chi connectivity index (χ0v) is 12.6. The number of thiocarbonyl (C=S) groups is 1. The van der Waals surface area contributed by atoms with Crippen LogP contribution in [-0.4, -0.2) is 10.9 Å². The minimum Gasteiger partial charge on any atom is -0.357 e. The lowest BCUT2D eigenvalue weighted by atomic mass is 10.1. The summed E-state index contributed by atoms with van der Waals surface area (Å²) >= 11 is 5.22. The first-order valence-corrected chi connectivity index (χ1v) is 7.34. The van der Waals surface area contributed by atoms with Crippen molar-refractivity contribution >= 4 is 28.8 Å². The van der Waals surface area contributed by atoms with Gasteiger partial charge < -0.3 is 5.32 Å². The van der Waals surface area contributed by atoms with E-state index in [-0.39, 0.29) is 5.78 Å². The third-order valence-electron chi connectivity index (χ3n) is 3.36. The second kappa shape index (κ2) is 6.41. The number of rotatable bonds is 4. The van der Waals surface area contributed by atoms with Crippen LogP contribution >= 0.6 is 12.2 Å². The predicted octanol–water partition coefficient (Wildman–Crippen LogP) is 2.39. The molecule has 0 fully saturated rings. The molecule has 0 aliphatic heterocycles. The molecule has 2 aromatic rings. The lowest BCUT2D eigenvalue weighted by Crippen LogP contribution is -2.42. The van der Waals surface area contributed by atoms with E-state index in [1.54, 1.807) is 6.08 Å². The van der Waals surface area contributed by atoms with E-state index < -0.39 is 0 Å². The molecule has 22 heavy (non-hydrogen) atoms. The Kier molecular flexibility index (Phi) is 4.16. The number of hydrazine groups is 1. The van der Waals surface area contributed by atoms with Gasteiger partial charge in [-0.1, -0.05) is 54.6 Å². The molecule has 0 amide bonds. The third-order valence-corrected chi connectivity index (χ3v) is 3.61. The van der Waals surface area contributed by atoms with Crippen LogP contribution in [-0.2, 0) is 6.54 Å². The van der Waals surface area contributed by atoms with Gasteiger partial charge in [-0.2, -0.15) is 0 Å². The molecule has 5 heteroatoms. The van der Waals surface area contributed by atoms with Crippen LogP contribution in [0.25, 0.3) is 5.70 Å². The fourth-order valence-corrected chi connectivity index (χ4v) is 2.39. The first-order valence-electron chi connectivity index (χ1n) is 6.93. The summed E-state index contributed by atoms with van der Waals surface area (Å²) in [5, 5.41) is 3.58. The maximum atomic E-state index is 11.8. The number of fused-ring (bicyclic) bond motifs is 1. The van der Waals surface area contributed by atoms with Crippen LogP contribution in [0.15, 0.2) is 60.7 Å². The average Bonchev–Trinajstić information content (AvgIpc) is 2.89. The molecule has 0 heterocycles. The number of allylic oxidation sites excluding steroid dienone is 1. The maximum absolute atomic E-state index is 11.8. The standard InChI is InChI=1S/C17H15N3OS/c21-16-10-15(13-8-4-5-9-14(13)16)19-20-17(22)18-11-12-6-2-1-3-7-12/h1-10,19H,11H2,(H2,18,20,22). The topological polar surface area (TPSA) is 53.2 Å². The van der Waals surface area contributed by atoms with E-state index in [9.17, 15) is 4.79 Å². The Morgan fingerprint density at radius 3 is 2.41 bits per heavy atom. The summed E-state index contributed by atoms with van der Waals surface area (Å²) in [5.74, 6) is 0.00284. The summed E-state index contributed by atoms with van der Waals surface area (Å²) in [6.07, 6.45) is 1.57. The highest BCUT2D eigenvalue weighted by Crippen LogP contribution is 2.24. The molecule has 0 saturated carbocycles. The fraction of sp³-hybridized carbons (Fsp3) is 0.0588. The summed E-state index contributed by atoms with van der Waals surface area (Å²) in [6, 6.07) is 17.5. The van der Waals surface area contributed by atoms with Crippen molar-refractivity contribution in [2.24, 2.45) is 0 Å². The fourth-order valence-electron chi connectivity index (χ4n) is 2.27. The number of nitrogens with one attached hydrogen (secondary N) is 3. The SMILES string of the molecule is O=C1C=C(NNC(=S)NCc2ccccc2)c2ccccc21. The molecular weight excluding hydrogens is 294 g/mol. The Bertz CT molecular complexity index is 741. The average molecular weight is 309 g/mol. The van der Waals surface area contributed by atoms with Crippen LogP contribution in [0.3, 0.4) is 0 Å². The Morgan fingerprint density at radius 2 is 1.64 bits per heavy atom. The molecule has 110 valence electrons. The molecule has 3 rings (SSSR count). The Balaban J connectivity index is 1.54. The summed E-state index contributed by atoms with van der Waals surface area (Å²) < 4.78 is 0. The van der Waals surface area contributed by atoms with E-state index in [4.69, 9.17) is 12.2 Å². The van der Waals surface area contributed by atoms with Gasteiger partial charge in [0.2, 0.25) is 0 Å². The van der Waals surface area contributed by atoms with Gasteiger partial charge in [0, 0.05) is 23.7 Å². The van der Waals surface area contributed by atoms with Crippen LogP contribution in [0.1, 0.15) is 21.5 Å². The second-order valence-corrected chi connectivity index (χ2v) is 5.29. The van der Waals surface area contributed by atoms with Crippen molar-refractivity contribution < 1.29 is 4.79 Å². The van der Waals surface area contributed by atoms with Gasteiger partial charge in [-0.15, -0.1) is 0 Å². The highest BCUT2D eigenvalue weighted by molar-refractivity contribution is 7.80. The molecule has 1 aliphatic rings. The molecule has 4 nitrogen and oxygen atoms in total. The Morgan fingerprint density at radius 1 is 0.955 bits per heavy atom. The molecule has 0 spiro atoms. The van der Waals surface area contributed by atoms with Crippen molar-refractivity contribution in [3.8, 4) is 0 Å². The number of ketones is 1. The first kappa shape index (κ1) is 14.3. The minimum atomic E-state index is 0.00284. The van der Waals surface area contributed by atoms with Crippen LogP contribution in [0, 0.1) is 0 Å². The molecule has 0 saturated heterocycles. The van der Waals surface area contributed by atoms with Gasteiger partial charge in [0.25, 0.3) is 0 Å². The van der Waals surface area contributed by atoms with E-state index in [1.807, 2.05) is 54.6 Å². The molecule has 0 bridgehead atoms. The molecule has 0 aromatic heterocycles. The van der Waals surface area contributed by atoms with Crippen LogP contribution in [0.2, 0.25) is 0 Å². The zero-order valence-electron chi connectivity index (χ0n) is 11.8. The lowest BCUT2D eigenvalue weighted by molar-refractivity contribution is 0.105. The molecule has 0 unspecified atom stereocenters. The monoisotopic (exact) mass is 309 g/mol. The molecule has 0 radical (unpaired) electrons. The largest absolute Gasteiger partial charge is 0.357 e. The first-order chi connectivity index (χ1) is 10.7. The lowest BCUT2D eigenvalue weighted by Gasteiger charge is -2.13.